The molecule has 1 saturated carbocycles. The predicted octanol–water partition coefficient (Wildman–Crippen LogP) is 7.67. The van der Waals surface area contributed by atoms with Crippen molar-refractivity contribution in [1.29, 1.82) is 0 Å². The summed E-state index contributed by atoms with van der Waals surface area (Å²) in [6, 6.07) is 17.3. The second kappa shape index (κ2) is 14.1. The Labute approximate surface area is 264 Å². The molecule has 2 aliphatic rings. The Balaban J connectivity index is 1.26. The van der Waals surface area contributed by atoms with Crippen LogP contribution in [-0.2, 0) is 9.59 Å². The van der Waals surface area contributed by atoms with E-state index in [1.54, 1.807) is 36.4 Å². The lowest BCUT2D eigenvalue weighted by atomic mass is 9.84. The molecule has 2 fully saturated rings. The third-order valence-corrected chi connectivity index (χ3v) is 8.19. The number of nitrogens with one attached hydrogen (secondary N) is 1. The van der Waals surface area contributed by atoms with Crippen LogP contribution in [0.3, 0.4) is 0 Å². The Kier molecular flexibility index (Phi) is 10.0. The number of imide groups is 2. The number of rotatable bonds is 10. The molecule has 4 amide bonds. The van der Waals surface area contributed by atoms with Gasteiger partial charge in [0, 0.05) is 4.47 Å². The summed E-state index contributed by atoms with van der Waals surface area (Å²) >= 11 is 9.91. The van der Waals surface area contributed by atoms with Crippen molar-refractivity contribution in [1.82, 2.24) is 5.32 Å². The van der Waals surface area contributed by atoms with Crippen molar-refractivity contribution >= 4 is 57.1 Å². The summed E-state index contributed by atoms with van der Waals surface area (Å²) in [5.41, 5.74) is 1.89. The molecule has 0 atom stereocenters. The minimum Gasteiger partial charge on any atom is -0.490 e. The molecule has 0 radical (unpaired) electrons. The molecule has 3 aromatic rings. The number of hydrogen-bond donors (Lipinski definition) is 1. The van der Waals surface area contributed by atoms with Gasteiger partial charge in [0.25, 0.3) is 11.8 Å². The zero-order valence-electron chi connectivity index (χ0n) is 23.7. The maximum atomic E-state index is 13.3. The number of carbonyl (C=O) groups is 3. The average Bonchev–Trinajstić information content (AvgIpc) is 3.00. The van der Waals surface area contributed by atoms with E-state index < -0.39 is 17.8 Å². The highest BCUT2D eigenvalue weighted by Gasteiger charge is 2.37. The van der Waals surface area contributed by atoms with Crippen LogP contribution in [0.5, 0.6) is 17.2 Å². The molecule has 0 unspecified atom stereocenters. The second-order valence-corrected chi connectivity index (χ2v) is 11.6. The van der Waals surface area contributed by atoms with Crippen molar-refractivity contribution < 1.29 is 28.6 Å². The molecule has 0 bridgehead atoms. The highest BCUT2D eigenvalue weighted by Crippen LogP contribution is 2.38. The summed E-state index contributed by atoms with van der Waals surface area (Å²) in [5, 5.41) is 2.46. The monoisotopic (exact) mass is 666 g/mol. The Morgan fingerprint density at radius 3 is 2.33 bits per heavy atom. The molecule has 1 saturated heterocycles. The van der Waals surface area contributed by atoms with E-state index >= 15 is 0 Å². The van der Waals surface area contributed by atoms with Gasteiger partial charge in [0.05, 0.1) is 17.3 Å². The maximum Gasteiger partial charge on any atom is 0.335 e. The van der Waals surface area contributed by atoms with E-state index in [1.165, 1.54) is 43.7 Å². The average molecular weight is 668 g/mol. The molecule has 8 nitrogen and oxygen atoms in total. The number of amides is 4. The van der Waals surface area contributed by atoms with Gasteiger partial charge in [0.1, 0.15) is 24.5 Å². The third-order valence-electron chi connectivity index (χ3n) is 7.38. The zero-order valence-corrected chi connectivity index (χ0v) is 26.1. The second-order valence-electron chi connectivity index (χ2n) is 10.3. The number of urea groups is 1. The largest absolute Gasteiger partial charge is 0.490 e. The standard InChI is InChI=1S/C33H32BrClN2O6/c1-2-41-29-20-21(18-27-31(38)36-33(40)37(32(27)39)25-12-10-24(34)11-13-25)19-28(35)30(29)43-17-16-42-26-14-8-23(9-15-26)22-6-4-3-5-7-22/h8-15,18-20,22H,2-7,16-17H2,1H3,(H,36,38,40)/b27-18-. The topological polar surface area (TPSA) is 94.2 Å². The van der Waals surface area contributed by atoms with Crippen molar-refractivity contribution in [2.24, 2.45) is 0 Å². The van der Waals surface area contributed by atoms with Crippen LogP contribution < -0.4 is 24.4 Å². The quantitative estimate of drug-likeness (QED) is 0.136. The summed E-state index contributed by atoms with van der Waals surface area (Å²) in [6.45, 7) is 2.67. The first kappa shape index (κ1) is 30.6. The first-order valence-electron chi connectivity index (χ1n) is 14.3. The highest BCUT2D eigenvalue weighted by molar-refractivity contribution is 9.10. The first-order chi connectivity index (χ1) is 20.8. The van der Waals surface area contributed by atoms with Gasteiger partial charge in [-0.3, -0.25) is 14.9 Å². The molecule has 5 rings (SSSR count). The summed E-state index contributed by atoms with van der Waals surface area (Å²) in [5.74, 6) is 0.530. The molecular weight excluding hydrogens is 636 g/mol. The number of carbonyl (C=O) groups excluding carboxylic acids is 3. The SMILES string of the molecule is CCOc1cc(/C=C2/C(=O)NC(=O)N(c3ccc(Br)cc3)C2=O)cc(Cl)c1OCCOc1ccc(C2CCCCC2)cc1. The van der Waals surface area contributed by atoms with Crippen LogP contribution >= 0.6 is 27.5 Å². The lowest BCUT2D eigenvalue weighted by Gasteiger charge is -2.26. The molecule has 10 heteroatoms. The van der Waals surface area contributed by atoms with Crippen molar-refractivity contribution in [3.05, 3.63) is 86.9 Å². The third kappa shape index (κ3) is 7.40. The Morgan fingerprint density at radius 1 is 0.930 bits per heavy atom. The molecular formula is C33H32BrClN2O6. The van der Waals surface area contributed by atoms with Crippen LogP contribution in [0.25, 0.3) is 6.08 Å². The van der Waals surface area contributed by atoms with E-state index in [1.807, 2.05) is 19.1 Å². The van der Waals surface area contributed by atoms with E-state index in [0.717, 1.165) is 15.1 Å². The van der Waals surface area contributed by atoms with Gasteiger partial charge in [0.2, 0.25) is 0 Å². The number of anilines is 1. The molecule has 1 N–H and O–H groups in total. The molecule has 1 aliphatic heterocycles. The molecule has 43 heavy (non-hydrogen) atoms. The van der Waals surface area contributed by atoms with E-state index in [-0.39, 0.29) is 17.2 Å². The van der Waals surface area contributed by atoms with Gasteiger partial charge in [-0.25, -0.2) is 9.69 Å². The fourth-order valence-electron chi connectivity index (χ4n) is 5.30. The normalized spacial score (nSPS) is 16.8. The minimum atomic E-state index is -0.825. The smallest absolute Gasteiger partial charge is 0.335 e. The molecule has 1 heterocycles. The summed E-state index contributed by atoms with van der Waals surface area (Å²) < 4.78 is 18.4. The molecule has 0 aromatic heterocycles. The molecule has 1 aliphatic carbocycles. The van der Waals surface area contributed by atoms with Crippen molar-refractivity contribution in [2.75, 3.05) is 24.7 Å². The molecule has 224 valence electrons. The highest BCUT2D eigenvalue weighted by atomic mass is 79.9. The lowest BCUT2D eigenvalue weighted by Crippen LogP contribution is -2.54. The van der Waals surface area contributed by atoms with E-state index in [9.17, 15) is 14.4 Å². The number of benzene rings is 3. The van der Waals surface area contributed by atoms with Crippen LogP contribution in [-0.4, -0.2) is 37.7 Å². The van der Waals surface area contributed by atoms with Crippen molar-refractivity contribution in [3.8, 4) is 17.2 Å². The molecule has 0 spiro atoms. The number of barbiturate groups is 1. The van der Waals surface area contributed by atoms with E-state index in [0.29, 0.717) is 41.9 Å². The van der Waals surface area contributed by atoms with Crippen LogP contribution in [0, 0.1) is 0 Å². The maximum absolute atomic E-state index is 13.3. The van der Waals surface area contributed by atoms with Crippen molar-refractivity contribution in [3.63, 3.8) is 0 Å². The minimum absolute atomic E-state index is 0.218. The molecule has 3 aromatic carbocycles. The fraction of sp³-hybridized carbons (Fsp3) is 0.303. The fourth-order valence-corrected chi connectivity index (χ4v) is 5.84. The van der Waals surface area contributed by atoms with Crippen LogP contribution in [0.2, 0.25) is 5.02 Å². The Hall–Kier alpha value is -3.82. The first-order valence-corrected chi connectivity index (χ1v) is 15.5. The van der Waals surface area contributed by atoms with Crippen LogP contribution in [0.1, 0.15) is 56.1 Å². The number of nitrogens with zero attached hydrogens (tertiary/aromatic N) is 1. The van der Waals surface area contributed by atoms with Gasteiger partial charge in [-0.15, -0.1) is 0 Å². The van der Waals surface area contributed by atoms with Gasteiger partial charge >= 0.3 is 6.03 Å². The van der Waals surface area contributed by atoms with Gasteiger partial charge in [0.15, 0.2) is 11.5 Å². The lowest BCUT2D eigenvalue weighted by molar-refractivity contribution is -0.122. The van der Waals surface area contributed by atoms with Gasteiger partial charge in [-0.1, -0.05) is 58.9 Å². The zero-order chi connectivity index (χ0) is 30.3. The van der Waals surface area contributed by atoms with Gasteiger partial charge in [-0.2, -0.15) is 0 Å². The number of halogens is 2. The van der Waals surface area contributed by atoms with E-state index in [2.05, 4.69) is 33.4 Å². The Morgan fingerprint density at radius 2 is 1.63 bits per heavy atom. The van der Waals surface area contributed by atoms with Crippen molar-refractivity contribution in [2.45, 2.75) is 44.9 Å². The number of ether oxygens (including phenoxy) is 3. The number of hydrogen-bond acceptors (Lipinski definition) is 6. The van der Waals surface area contributed by atoms with E-state index in [4.69, 9.17) is 25.8 Å². The summed E-state index contributed by atoms with van der Waals surface area (Å²) in [4.78, 5) is 39.3. The van der Waals surface area contributed by atoms with Crippen LogP contribution in [0.4, 0.5) is 10.5 Å². The predicted molar refractivity (Wildman–Crippen MR) is 169 cm³/mol. The van der Waals surface area contributed by atoms with Crippen LogP contribution in [0.15, 0.2) is 70.7 Å². The Bertz CT molecular complexity index is 1520. The van der Waals surface area contributed by atoms with Gasteiger partial charge in [-0.05, 0) is 91.4 Å². The summed E-state index contributed by atoms with van der Waals surface area (Å²) in [6.07, 6.45) is 7.79. The van der Waals surface area contributed by atoms with Gasteiger partial charge < -0.3 is 14.2 Å². The summed E-state index contributed by atoms with van der Waals surface area (Å²) in [7, 11) is 0.